The van der Waals surface area contributed by atoms with Crippen molar-refractivity contribution in [1.29, 1.82) is 0 Å². The van der Waals surface area contributed by atoms with Crippen LogP contribution in [0, 0.1) is 11.8 Å². The molecule has 2 fully saturated rings. The highest BCUT2D eigenvalue weighted by Gasteiger charge is 2.37. The van der Waals surface area contributed by atoms with Gasteiger partial charge in [0.25, 0.3) is 0 Å². The molecule has 2 rings (SSSR count). The van der Waals surface area contributed by atoms with E-state index in [0.29, 0.717) is 19.1 Å². The first-order chi connectivity index (χ1) is 9.59. The van der Waals surface area contributed by atoms with Crippen LogP contribution in [0.3, 0.4) is 0 Å². The molecular formula is C15H27N3O2. The van der Waals surface area contributed by atoms with E-state index in [1.54, 1.807) is 0 Å². The number of piperidine rings is 1. The van der Waals surface area contributed by atoms with E-state index in [1.807, 2.05) is 18.7 Å². The van der Waals surface area contributed by atoms with Gasteiger partial charge in [-0.3, -0.25) is 4.79 Å². The minimum Gasteiger partial charge on any atom is -0.354 e. The number of likely N-dealkylation sites (tertiary alicyclic amines) is 1. The van der Waals surface area contributed by atoms with Crippen molar-refractivity contribution in [2.45, 2.75) is 52.0 Å². The molecule has 3 amide bonds. The Labute approximate surface area is 121 Å². The quantitative estimate of drug-likeness (QED) is 0.771. The Hall–Kier alpha value is -1.26. The van der Waals surface area contributed by atoms with E-state index >= 15 is 0 Å². The topological polar surface area (TPSA) is 61.4 Å². The summed E-state index contributed by atoms with van der Waals surface area (Å²) in [6, 6.07) is 0.495. The fraction of sp³-hybridized carbons (Fsp3) is 0.867. The molecule has 0 aromatic heterocycles. The average Bonchev–Trinajstić information content (AvgIpc) is 2.90. The van der Waals surface area contributed by atoms with Crippen molar-refractivity contribution >= 4 is 11.9 Å². The fourth-order valence-electron chi connectivity index (χ4n) is 3.37. The van der Waals surface area contributed by atoms with Crippen LogP contribution in [0.1, 0.15) is 46.0 Å². The van der Waals surface area contributed by atoms with Crippen LogP contribution in [0.25, 0.3) is 0 Å². The second kappa shape index (κ2) is 6.95. The Morgan fingerprint density at radius 2 is 1.80 bits per heavy atom. The van der Waals surface area contributed by atoms with Gasteiger partial charge in [0.15, 0.2) is 0 Å². The standard InChI is InChI=1S/C15H27N3O2/c1-11(2)14(19)16-8-9-17-15(20)18-10-4-6-12-5-3-7-13(12)18/h11-13H,3-10H2,1-2H3,(H,16,19)(H,17,20). The van der Waals surface area contributed by atoms with Crippen LogP contribution in [-0.4, -0.2) is 42.5 Å². The molecule has 0 aromatic rings. The third-order valence-corrected chi connectivity index (χ3v) is 4.48. The number of fused-ring (bicyclic) bond motifs is 1. The third-order valence-electron chi connectivity index (χ3n) is 4.48. The summed E-state index contributed by atoms with van der Waals surface area (Å²) in [6.07, 6.45) is 6.09. The maximum absolute atomic E-state index is 12.2. The third kappa shape index (κ3) is 3.64. The Balaban J connectivity index is 1.70. The first-order valence-corrected chi connectivity index (χ1v) is 7.91. The largest absolute Gasteiger partial charge is 0.354 e. The van der Waals surface area contributed by atoms with Crippen molar-refractivity contribution < 1.29 is 9.59 Å². The van der Waals surface area contributed by atoms with E-state index in [2.05, 4.69) is 10.6 Å². The van der Waals surface area contributed by atoms with Crippen molar-refractivity contribution in [2.75, 3.05) is 19.6 Å². The van der Waals surface area contributed by atoms with Crippen LogP contribution >= 0.6 is 0 Å². The number of hydrogen-bond acceptors (Lipinski definition) is 2. The van der Waals surface area contributed by atoms with Crippen molar-refractivity contribution in [2.24, 2.45) is 11.8 Å². The van der Waals surface area contributed by atoms with Crippen LogP contribution in [0.4, 0.5) is 4.79 Å². The van der Waals surface area contributed by atoms with E-state index < -0.39 is 0 Å². The lowest BCUT2D eigenvalue weighted by atomic mass is 9.92. The number of hydrogen-bond donors (Lipinski definition) is 2. The maximum Gasteiger partial charge on any atom is 0.317 e. The lowest BCUT2D eigenvalue weighted by Crippen LogP contribution is -2.51. The molecule has 2 unspecified atom stereocenters. The molecule has 2 aliphatic rings. The molecule has 5 heteroatoms. The van der Waals surface area contributed by atoms with E-state index in [4.69, 9.17) is 0 Å². The summed E-state index contributed by atoms with van der Waals surface area (Å²) < 4.78 is 0. The number of carbonyl (C=O) groups excluding carboxylic acids is 2. The van der Waals surface area contributed by atoms with Crippen molar-refractivity contribution in [3.63, 3.8) is 0 Å². The van der Waals surface area contributed by atoms with Crippen LogP contribution in [0.15, 0.2) is 0 Å². The number of carbonyl (C=O) groups is 2. The minimum absolute atomic E-state index is 0.00737. The van der Waals surface area contributed by atoms with Gasteiger partial charge in [0.2, 0.25) is 5.91 Å². The highest BCUT2D eigenvalue weighted by Crippen LogP contribution is 2.36. The van der Waals surface area contributed by atoms with Gasteiger partial charge in [0.05, 0.1) is 0 Å². The van der Waals surface area contributed by atoms with E-state index in [-0.39, 0.29) is 17.9 Å². The Morgan fingerprint density at radius 1 is 1.10 bits per heavy atom. The van der Waals surface area contributed by atoms with Gasteiger partial charge < -0.3 is 15.5 Å². The molecule has 0 aromatic carbocycles. The van der Waals surface area contributed by atoms with Crippen LogP contribution in [0.2, 0.25) is 0 Å². The Kier molecular flexibility index (Phi) is 5.26. The zero-order valence-electron chi connectivity index (χ0n) is 12.7. The molecule has 1 aliphatic heterocycles. The molecule has 0 spiro atoms. The first-order valence-electron chi connectivity index (χ1n) is 7.91. The predicted molar refractivity (Wildman–Crippen MR) is 78.3 cm³/mol. The van der Waals surface area contributed by atoms with Gasteiger partial charge in [-0.05, 0) is 31.6 Å². The molecule has 0 radical (unpaired) electrons. The zero-order valence-corrected chi connectivity index (χ0v) is 12.7. The number of nitrogens with one attached hydrogen (secondary N) is 2. The molecule has 1 heterocycles. The monoisotopic (exact) mass is 281 g/mol. The van der Waals surface area contributed by atoms with Gasteiger partial charge in [-0.1, -0.05) is 20.3 Å². The Morgan fingerprint density at radius 3 is 2.55 bits per heavy atom. The summed E-state index contributed by atoms with van der Waals surface area (Å²) in [5, 5.41) is 5.75. The van der Waals surface area contributed by atoms with E-state index in [1.165, 1.54) is 19.3 Å². The molecule has 2 N–H and O–H groups in total. The molecule has 1 saturated carbocycles. The normalized spacial score (nSPS) is 25.4. The van der Waals surface area contributed by atoms with Gasteiger partial charge in [-0.25, -0.2) is 4.79 Å². The molecule has 0 bridgehead atoms. The Bertz CT molecular complexity index is 357. The van der Waals surface area contributed by atoms with Gasteiger partial charge >= 0.3 is 6.03 Å². The summed E-state index contributed by atoms with van der Waals surface area (Å²) in [5.74, 6) is 0.746. The lowest BCUT2D eigenvalue weighted by molar-refractivity contribution is -0.123. The van der Waals surface area contributed by atoms with Crippen LogP contribution in [-0.2, 0) is 4.79 Å². The van der Waals surface area contributed by atoms with Crippen molar-refractivity contribution in [3.8, 4) is 0 Å². The van der Waals surface area contributed by atoms with Gasteiger partial charge in [0, 0.05) is 31.6 Å². The number of nitrogens with zero attached hydrogens (tertiary/aromatic N) is 1. The molecule has 5 nitrogen and oxygen atoms in total. The molecule has 1 saturated heterocycles. The van der Waals surface area contributed by atoms with Crippen molar-refractivity contribution in [3.05, 3.63) is 0 Å². The summed E-state index contributed by atoms with van der Waals surface area (Å²) in [6.45, 7) is 5.62. The lowest BCUT2D eigenvalue weighted by Gasteiger charge is -2.37. The zero-order chi connectivity index (χ0) is 14.5. The number of urea groups is 1. The minimum atomic E-state index is -0.00737. The number of amides is 3. The van der Waals surface area contributed by atoms with E-state index in [0.717, 1.165) is 25.3 Å². The van der Waals surface area contributed by atoms with Crippen LogP contribution < -0.4 is 10.6 Å². The number of rotatable bonds is 4. The molecular weight excluding hydrogens is 254 g/mol. The highest BCUT2D eigenvalue weighted by atomic mass is 16.2. The SMILES string of the molecule is CC(C)C(=O)NCCNC(=O)N1CCCC2CCCC21. The summed E-state index contributed by atoms with van der Waals surface area (Å²) in [5.41, 5.74) is 0. The first kappa shape index (κ1) is 15.1. The highest BCUT2D eigenvalue weighted by molar-refractivity contribution is 5.78. The molecule has 2 atom stereocenters. The molecule has 1 aliphatic carbocycles. The smallest absolute Gasteiger partial charge is 0.317 e. The van der Waals surface area contributed by atoms with Crippen molar-refractivity contribution in [1.82, 2.24) is 15.5 Å². The second-order valence-electron chi connectivity index (χ2n) is 6.27. The van der Waals surface area contributed by atoms with Crippen LogP contribution in [0.5, 0.6) is 0 Å². The van der Waals surface area contributed by atoms with Gasteiger partial charge in [0.1, 0.15) is 0 Å². The summed E-state index contributed by atoms with van der Waals surface area (Å²) in [4.78, 5) is 25.6. The maximum atomic E-state index is 12.2. The molecule has 20 heavy (non-hydrogen) atoms. The predicted octanol–water partition coefficient (Wildman–Crippen LogP) is 1.73. The van der Waals surface area contributed by atoms with E-state index in [9.17, 15) is 9.59 Å². The van der Waals surface area contributed by atoms with Gasteiger partial charge in [-0.2, -0.15) is 0 Å². The summed E-state index contributed by atoms with van der Waals surface area (Å²) in [7, 11) is 0. The van der Waals surface area contributed by atoms with Gasteiger partial charge in [-0.15, -0.1) is 0 Å². The summed E-state index contributed by atoms with van der Waals surface area (Å²) >= 11 is 0. The average molecular weight is 281 g/mol. The second-order valence-corrected chi connectivity index (χ2v) is 6.27. The molecule has 114 valence electrons. The fourth-order valence-corrected chi connectivity index (χ4v) is 3.37.